The Balaban J connectivity index is 0.00000141. The summed E-state index contributed by atoms with van der Waals surface area (Å²) in [6.45, 7) is 10.0. The van der Waals surface area contributed by atoms with Crippen LogP contribution in [-0.4, -0.2) is 51.1 Å². The van der Waals surface area contributed by atoms with Crippen LogP contribution >= 0.6 is 11.9 Å². The lowest BCUT2D eigenvalue weighted by molar-refractivity contribution is -0.122. The van der Waals surface area contributed by atoms with Crippen molar-refractivity contribution in [2.24, 2.45) is 5.14 Å². The Labute approximate surface area is 183 Å². The molecule has 0 atom stereocenters. The van der Waals surface area contributed by atoms with Gasteiger partial charge >= 0.3 is 0 Å². The predicted octanol–water partition coefficient (Wildman–Crippen LogP) is 4.33. The van der Waals surface area contributed by atoms with Gasteiger partial charge in [-0.25, -0.2) is 0 Å². The summed E-state index contributed by atoms with van der Waals surface area (Å²) in [6, 6.07) is 14.0. The average Bonchev–Trinajstić information content (AvgIpc) is 2.75. The number of ether oxygens (including phenoxy) is 3. The molecule has 0 radical (unpaired) electrons. The first-order valence-electron chi connectivity index (χ1n) is 9.83. The van der Waals surface area contributed by atoms with Crippen LogP contribution < -0.4 is 14.8 Å². The smallest absolute Gasteiger partial charge is 0.290 e. The van der Waals surface area contributed by atoms with Crippen molar-refractivity contribution in [2.75, 3.05) is 44.4 Å². The summed E-state index contributed by atoms with van der Waals surface area (Å²) in [5, 5.41) is 12.8. The number of hydrogen-bond donors (Lipinski definition) is 2. The van der Waals surface area contributed by atoms with Gasteiger partial charge in [0, 0.05) is 26.3 Å². The van der Waals surface area contributed by atoms with Gasteiger partial charge in [-0.3, -0.25) is 9.93 Å². The number of nitrogens with two attached hydrogens (primary N) is 1. The van der Waals surface area contributed by atoms with E-state index in [0.29, 0.717) is 26.4 Å². The zero-order chi connectivity index (χ0) is 22.2. The number of rotatable bonds is 12. The van der Waals surface area contributed by atoms with Crippen molar-refractivity contribution in [3.63, 3.8) is 0 Å². The normalized spacial score (nSPS) is 10.1. The Morgan fingerprint density at radius 3 is 2.13 bits per heavy atom. The van der Waals surface area contributed by atoms with Crippen molar-refractivity contribution in [1.29, 1.82) is 0 Å². The highest BCUT2D eigenvalue weighted by atomic mass is 32.2. The molecule has 0 bridgehead atoms. The maximum atomic E-state index is 8.36. The molecular formula is C22H32N2O5S. The molecule has 7 nitrogen and oxygen atoms in total. The molecule has 0 aliphatic carbocycles. The number of carboxylic acid groups (broad SMARTS) is 1. The van der Waals surface area contributed by atoms with Crippen molar-refractivity contribution in [1.82, 2.24) is 0 Å². The van der Waals surface area contributed by atoms with Gasteiger partial charge in [0.05, 0.1) is 23.8 Å². The molecule has 0 saturated carbocycles. The number of carbonyl (C=O) groups is 1. The minimum absolute atomic E-state index is 0.250. The monoisotopic (exact) mass is 436 g/mol. The third-order valence-electron chi connectivity index (χ3n) is 4.03. The molecule has 30 heavy (non-hydrogen) atoms. The van der Waals surface area contributed by atoms with E-state index < -0.39 is 0 Å². The second-order valence-corrected chi connectivity index (χ2v) is 6.81. The van der Waals surface area contributed by atoms with E-state index in [0.717, 1.165) is 40.7 Å². The molecule has 0 fully saturated rings. The van der Waals surface area contributed by atoms with Gasteiger partial charge < -0.3 is 24.2 Å². The number of aryl methyl sites for hydroxylation is 1. The fraction of sp³-hybridized carbons (Fsp3) is 0.409. The number of benzene rings is 2. The quantitative estimate of drug-likeness (QED) is 0.288. The molecule has 0 saturated heterocycles. The molecule has 0 aliphatic rings. The summed E-state index contributed by atoms with van der Waals surface area (Å²) in [4.78, 5) is 11.5. The Morgan fingerprint density at radius 2 is 1.63 bits per heavy atom. The first kappa shape index (κ1) is 25.8. The Kier molecular flexibility index (Phi) is 13.4. The molecule has 2 aromatic carbocycles. The van der Waals surface area contributed by atoms with Gasteiger partial charge in [-0.15, -0.1) is 0 Å². The summed E-state index contributed by atoms with van der Waals surface area (Å²) in [6.07, 6.45) is 0. The van der Waals surface area contributed by atoms with Gasteiger partial charge in [-0.2, -0.15) is 0 Å². The van der Waals surface area contributed by atoms with Crippen LogP contribution in [0.4, 0.5) is 5.69 Å². The van der Waals surface area contributed by atoms with Gasteiger partial charge in [0.25, 0.3) is 6.47 Å². The van der Waals surface area contributed by atoms with E-state index in [1.807, 2.05) is 44.2 Å². The molecular weight excluding hydrogens is 404 g/mol. The lowest BCUT2D eigenvalue weighted by Gasteiger charge is -2.28. The molecule has 0 spiro atoms. The van der Waals surface area contributed by atoms with Crippen LogP contribution in [0.3, 0.4) is 0 Å². The second kappa shape index (κ2) is 15.6. The minimum Gasteiger partial charge on any atom is -0.483 e. The standard InChI is InChI=1S/C21H30N2O3S.CH2O2/c1-4-24-13-11-23(12-14-25-5-2)19-15-17(3)16-20(27-22)21(19)26-18-9-7-6-8-10-18;2-1-3/h6-10,15-16H,4-5,11-14,22H2,1-3H3;1H,(H,2,3). The molecule has 8 heteroatoms. The Hall–Kier alpha value is -2.26. The van der Waals surface area contributed by atoms with Crippen molar-refractivity contribution >= 4 is 24.1 Å². The van der Waals surface area contributed by atoms with E-state index in [1.165, 1.54) is 11.9 Å². The fourth-order valence-corrected chi connectivity index (χ4v) is 3.25. The summed E-state index contributed by atoms with van der Waals surface area (Å²) in [5.41, 5.74) is 2.14. The first-order chi connectivity index (χ1) is 14.6. The maximum absolute atomic E-state index is 8.36. The predicted molar refractivity (Wildman–Crippen MR) is 122 cm³/mol. The largest absolute Gasteiger partial charge is 0.483 e. The van der Waals surface area contributed by atoms with Gasteiger partial charge in [0.15, 0.2) is 5.75 Å². The van der Waals surface area contributed by atoms with Crippen LogP contribution in [0.1, 0.15) is 19.4 Å². The Morgan fingerprint density at radius 1 is 1.07 bits per heavy atom. The van der Waals surface area contributed by atoms with Gasteiger partial charge in [0.2, 0.25) is 0 Å². The molecule has 0 amide bonds. The van der Waals surface area contributed by atoms with Crippen LogP contribution in [0, 0.1) is 6.92 Å². The lowest BCUT2D eigenvalue weighted by atomic mass is 10.2. The SMILES string of the molecule is CCOCCN(CCOCC)c1cc(C)cc(SN)c1Oc1ccccc1.O=CO. The molecule has 0 aliphatic heterocycles. The summed E-state index contributed by atoms with van der Waals surface area (Å²) in [7, 11) is 0. The molecule has 0 heterocycles. The third kappa shape index (κ3) is 9.04. The number of anilines is 1. The van der Waals surface area contributed by atoms with Crippen LogP contribution in [0.15, 0.2) is 47.4 Å². The third-order valence-corrected chi connectivity index (χ3v) is 4.59. The zero-order valence-corrected chi connectivity index (χ0v) is 18.7. The Bertz CT molecular complexity index is 721. The molecule has 2 rings (SSSR count). The van der Waals surface area contributed by atoms with E-state index in [9.17, 15) is 0 Å². The van der Waals surface area contributed by atoms with Crippen LogP contribution in [-0.2, 0) is 14.3 Å². The van der Waals surface area contributed by atoms with E-state index in [4.69, 9.17) is 29.3 Å². The second-order valence-electron chi connectivity index (χ2n) is 6.13. The van der Waals surface area contributed by atoms with Crippen molar-refractivity contribution in [3.8, 4) is 11.5 Å². The van der Waals surface area contributed by atoms with Crippen molar-refractivity contribution in [3.05, 3.63) is 48.0 Å². The fourth-order valence-electron chi connectivity index (χ4n) is 2.74. The highest BCUT2D eigenvalue weighted by Gasteiger charge is 2.18. The van der Waals surface area contributed by atoms with Crippen molar-refractivity contribution in [2.45, 2.75) is 25.7 Å². The molecule has 0 unspecified atom stereocenters. The van der Waals surface area contributed by atoms with Gasteiger partial charge in [-0.05, 0) is 62.5 Å². The highest BCUT2D eigenvalue weighted by molar-refractivity contribution is 7.97. The molecule has 0 aromatic heterocycles. The van der Waals surface area contributed by atoms with Crippen molar-refractivity contribution < 1.29 is 24.1 Å². The van der Waals surface area contributed by atoms with Crippen LogP contribution in [0.25, 0.3) is 0 Å². The summed E-state index contributed by atoms with van der Waals surface area (Å²) < 4.78 is 17.4. The van der Waals surface area contributed by atoms with Gasteiger partial charge in [0.1, 0.15) is 5.75 Å². The molecule has 166 valence electrons. The zero-order valence-electron chi connectivity index (χ0n) is 17.9. The maximum Gasteiger partial charge on any atom is 0.290 e. The number of nitrogens with zero attached hydrogens (tertiary/aromatic N) is 1. The molecule has 2 aromatic rings. The van der Waals surface area contributed by atoms with Gasteiger partial charge in [-0.1, -0.05) is 18.2 Å². The molecule has 3 N–H and O–H groups in total. The topological polar surface area (TPSA) is 94.3 Å². The van der Waals surface area contributed by atoms with E-state index >= 15 is 0 Å². The highest BCUT2D eigenvalue weighted by Crippen LogP contribution is 2.40. The summed E-state index contributed by atoms with van der Waals surface area (Å²) in [5.74, 6) is 1.56. The minimum atomic E-state index is -0.250. The van der Waals surface area contributed by atoms with E-state index in [2.05, 4.69) is 24.0 Å². The van der Waals surface area contributed by atoms with Crippen LogP contribution in [0.5, 0.6) is 11.5 Å². The number of hydrogen-bond acceptors (Lipinski definition) is 7. The summed E-state index contributed by atoms with van der Waals surface area (Å²) >= 11 is 1.20. The first-order valence-corrected chi connectivity index (χ1v) is 10.7. The number of para-hydroxylation sites is 1. The van der Waals surface area contributed by atoms with Crippen LogP contribution in [0.2, 0.25) is 0 Å². The van der Waals surface area contributed by atoms with E-state index in [1.54, 1.807) is 0 Å². The van der Waals surface area contributed by atoms with E-state index in [-0.39, 0.29) is 6.47 Å². The average molecular weight is 437 g/mol. The lowest BCUT2D eigenvalue weighted by Crippen LogP contribution is -2.31.